The summed E-state index contributed by atoms with van der Waals surface area (Å²) in [6.45, 7) is 2.79. The van der Waals surface area contributed by atoms with E-state index < -0.39 is 5.82 Å². The van der Waals surface area contributed by atoms with Crippen LogP contribution < -0.4 is 10.1 Å². The summed E-state index contributed by atoms with van der Waals surface area (Å²) in [4.78, 5) is 8.13. The number of anilines is 1. The fourth-order valence-corrected chi connectivity index (χ4v) is 1.72. The lowest BCUT2D eigenvalue weighted by molar-refractivity contribution is 0.416. The molecule has 0 atom stereocenters. The summed E-state index contributed by atoms with van der Waals surface area (Å²) in [6.07, 6.45) is 2.12. The number of hydrogen-bond acceptors (Lipinski definition) is 4. The van der Waals surface area contributed by atoms with Crippen molar-refractivity contribution in [3.63, 3.8) is 0 Å². The van der Waals surface area contributed by atoms with Crippen molar-refractivity contribution < 1.29 is 9.13 Å². The molecule has 0 aliphatic rings. The predicted octanol–water partition coefficient (Wildman–Crippen LogP) is 3.11. The van der Waals surface area contributed by atoms with E-state index in [0.29, 0.717) is 17.3 Å². The number of hydrogen-bond donors (Lipinski definition) is 1. The van der Waals surface area contributed by atoms with Gasteiger partial charge in [-0.3, -0.25) is 0 Å². The molecular formula is C14H16FN3O. The Labute approximate surface area is 111 Å². The van der Waals surface area contributed by atoms with Crippen LogP contribution in [0.1, 0.15) is 13.3 Å². The fraction of sp³-hybridized carbons (Fsp3) is 0.286. The van der Waals surface area contributed by atoms with Crippen molar-refractivity contribution in [1.29, 1.82) is 0 Å². The van der Waals surface area contributed by atoms with Crippen LogP contribution in [0.15, 0.2) is 30.5 Å². The van der Waals surface area contributed by atoms with Crippen molar-refractivity contribution in [2.45, 2.75) is 13.3 Å². The van der Waals surface area contributed by atoms with Crippen molar-refractivity contribution in [3.05, 3.63) is 36.3 Å². The highest BCUT2D eigenvalue weighted by atomic mass is 19.1. The van der Waals surface area contributed by atoms with Crippen LogP contribution in [0.25, 0.3) is 11.3 Å². The van der Waals surface area contributed by atoms with Gasteiger partial charge >= 0.3 is 0 Å². The van der Waals surface area contributed by atoms with Crippen molar-refractivity contribution in [1.82, 2.24) is 9.97 Å². The number of aromatic nitrogens is 2. The van der Waals surface area contributed by atoms with Crippen LogP contribution in [0.2, 0.25) is 0 Å². The van der Waals surface area contributed by atoms with E-state index in [4.69, 9.17) is 4.74 Å². The minimum absolute atomic E-state index is 0.242. The normalized spacial score (nSPS) is 10.3. The molecule has 2 aromatic rings. The molecule has 0 saturated carbocycles. The molecular weight excluding hydrogens is 245 g/mol. The zero-order chi connectivity index (χ0) is 13.7. The van der Waals surface area contributed by atoms with Crippen LogP contribution >= 0.6 is 0 Å². The summed E-state index contributed by atoms with van der Waals surface area (Å²) in [5.74, 6) is 0.539. The standard InChI is InChI=1S/C14H16FN3O/c1-3-8-16-14-17-9-11(15)13(18-14)10-6-4-5-7-12(10)19-2/h4-7,9H,3,8H2,1-2H3,(H,16,17,18). The molecule has 0 aliphatic carbocycles. The number of benzene rings is 1. The highest BCUT2D eigenvalue weighted by Gasteiger charge is 2.13. The van der Waals surface area contributed by atoms with Crippen LogP contribution in [-0.4, -0.2) is 23.6 Å². The van der Waals surface area contributed by atoms with Crippen molar-refractivity contribution in [3.8, 4) is 17.0 Å². The van der Waals surface area contributed by atoms with Gasteiger partial charge in [0, 0.05) is 12.1 Å². The second-order valence-electron chi connectivity index (χ2n) is 4.02. The molecule has 0 saturated heterocycles. The zero-order valence-corrected chi connectivity index (χ0v) is 11.0. The summed E-state index contributed by atoms with van der Waals surface area (Å²) < 4.78 is 19.1. The lowest BCUT2D eigenvalue weighted by atomic mass is 10.1. The molecule has 1 aromatic carbocycles. The van der Waals surface area contributed by atoms with E-state index in [2.05, 4.69) is 15.3 Å². The van der Waals surface area contributed by atoms with E-state index >= 15 is 0 Å². The third-order valence-electron chi connectivity index (χ3n) is 2.64. The van der Waals surface area contributed by atoms with E-state index in [1.165, 1.54) is 6.20 Å². The minimum Gasteiger partial charge on any atom is -0.496 e. The van der Waals surface area contributed by atoms with Gasteiger partial charge in [-0.2, -0.15) is 0 Å². The second kappa shape index (κ2) is 6.13. The van der Waals surface area contributed by atoms with Gasteiger partial charge in [-0.05, 0) is 18.6 Å². The molecule has 1 N–H and O–H groups in total. The Bertz CT molecular complexity index is 560. The first-order valence-electron chi connectivity index (χ1n) is 6.16. The van der Waals surface area contributed by atoms with E-state index in [1.54, 1.807) is 19.2 Å². The Balaban J connectivity index is 2.42. The summed E-state index contributed by atoms with van der Waals surface area (Å²) in [5, 5.41) is 3.04. The van der Waals surface area contributed by atoms with Crippen LogP contribution in [0, 0.1) is 5.82 Å². The molecule has 1 heterocycles. The Kier molecular flexibility index (Phi) is 4.28. The third-order valence-corrected chi connectivity index (χ3v) is 2.64. The van der Waals surface area contributed by atoms with Gasteiger partial charge in [-0.1, -0.05) is 19.1 Å². The maximum atomic E-state index is 13.9. The molecule has 2 rings (SSSR count). The number of para-hydroxylation sites is 1. The predicted molar refractivity (Wildman–Crippen MR) is 72.8 cm³/mol. The van der Waals surface area contributed by atoms with Crippen LogP contribution in [0.4, 0.5) is 10.3 Å². The average molecular weight is 261 g/mol. The van der Waals surface area contributed by atoms with Gasteiger partial charge in [-0.25, -0.2) is 14.4 Å². The Morgan fingerprint density at radius 3 is 2.84 bits per heavy atom. The molecule has 19 heavy (non-hydrogen) atoms. The minimum atomic E-state index is -0.466. The monoisotopic (exact) mass is 261 g/mol. The van der Waals surface area contributed by atoms with Gasteiger partial charge < -0.3 is 10.1 Å². The van der Waals surface area contributed by atoms with E-state index in [1.807, 2.05) is 19.1 Å². The topological polar surface area (TPSA) is 47.0 Å². The Morgan fingerprint density at radius 1 is 1.32 bits per heavy atom. The van der Waals surface area contributed by atoms with Gasteiger partial charge in [0.05, 0.1) is 13.3 Å². The third kappa shape index (κ3) is 2.99. The largest absolute Gasteiger partial charge is 0.496 e. The molecule has 0 aliphatic heterocycles. The number of methoxy groups -OCH3 is 1. The zero-order valence-electron chi connectivity index (χ0n) is 11.0. The van der Waals surface area contributed by atoms with E-state index in [9.17, 15) is 4.39 Å². The molecule has 0 radical (unpaired) electrons. The summed E-state index contributed by atoms with van der Waals surface area (Å²) >= 11 is 0. The van der Waals surface area contributed by atoms with Crippen LogP contribution in [-0.2, 0) is 0 Å². The molecule has 0 amide bonds. The first kappa shape index (κ1) is 13.3. The molecule has 0 bridgehead atoms. The quantitative estimate of drug-likeness (QED) is 0.898. The maximum absolute atomic E-state index is 13.9. The van der Waals surface area contributed by atoms with E-state index in [-0.39, 0.29) is 5.69 Å². The number of nitrogens with one attached hydrogen (secondary N) is 1. The lowest BCUT2D eigenvalue weighted by Gasteiger charge is -2.10. The highest BCUT2D eigenvalue weighted by molar-refractivity contribution is 5.68. The second-order valence-corrected chi connectivity index (χ2v) is 4.02. The SMILES string of the molecule is CCCNc1ncc(F)c(-c2ccccc2OC)n1. The van der Waals surface area contributed by atoms with Crippen molar-refractivity contribution >= 4 is 5.95 Å². The van der Waals surface area contributed by atoms with Gasteiger partial charge in [0.25, 0.3) is 0 Å². The van der Waals surface area contributed by atoms with Crippen molar-refractivity contribution in [2.24, 2.45) is 0 Å². The van der Waals surface area contributed by atoms with Crippen LogP contribution in [0.3, 0.4) is 0 Å². The first-order chi connectivity index (χ1) is 9.26. The van der Waals surface area contributed by atoms with Crippen molar-refractivity contribution in [2.75, 3.05) is 19.0 Å². The molecule has 1 aromatic heterocycles. The molecule has 0 fully saturated rings. The smallest absolute Gasteiger partial charge is 0.223 e. The Morgan fingerprint density at radius 2 is 2.11 bits per heavy atom. The highest BCUT2D eigenvalue weighted by Crippen LogP contribution is 2.30. The number of nitrogens with zero attached hydrogens (tertiary/aromatic N) is 2. The Hall–Kier alpha value is -2.17. The number of rotatable bonds is 5. The molecule has 4 nitrogen and oxygen atoms in total. The fourth-order valence-electron chi connectivity index (χ4n) is 1.72. The summed E-state index contributed by atoms with van der Waals surface area (Å²) in [7, 11) is 1.55. The first-order valence-corrected chi connectivity index (χ1v) is 6.16. The van der Waals surface area contributed by atoms with Gasteiger partial charge in [-0.15, -0.1) is 0 Å². The van der Waals surface area contributed by atoms with E-state index in [0.717, 1.165) is 13.0 Å². The van der Waals surface area contributed by atoms with Crippen LogP contribution in [0.5, 0.6) is 5.75 Å². The van der Waals surface area contributed by atoms with Gasteiger partial charge in [0.1, 0.15) is 11.4 Å². The molecule has 0 spiro atoms. The average Bonchev–Trinajstić information content (AvgIpc) is 2.46. The molecule has 100 valence electrons. The maximum Gasteiger partial charge on any atom is 0.223 e. The number of ether oxygens (including phenoxy) is 1. The lowest BCUT2D eigenvalue weighted by Crippen LogP contribution is -2.06. The summed E-state index contributed by atoms with van der Waals surface area (Å²) in [5.41, 5.74) is 0.857. The van der Waals surface area contributed by atoms with Gasteiger partial charge in [0.2, 0.25) is 5.95 Å². The molecule has 0 unspecified atom stereocenters. The molecule has 5 heteroatoms. The number of halogens is 1. The van der Waals surface area contributed by atoms with Gasteiger partial charge in [0.15, 0.2) is 5.82 Å². The summed E-state index contributed by atoms with van der Waals surface area (Å²) in [6, 6.07) is 7.19.